The SMILES string of the molecule is CC(C)CC(=O)N(C(C)C)[C@H]1CCN(C(=O)[C@@H](Cc2ccc(Cl)cc2)NC(=O)[C@@H]2CNCCN2)C1. The fourth-order valence-electron chi connectivity index (χ4n) is 4.92. The highest BCUT2D eigenvalue weighted by Gasteiger charge is 2.37. The maximum absolute atomic E-state index is 13.7. The van der Waals surface area contributed by atoms with E-state index in [4.69, 9.17) is 11.6 Å². The highest BCUT2D eigenvalue weighted by molar-refractivity contribution is 6.30. The second kappa shape index (κ2) is 12.7. The third-order valence-electron chi connectivity index (χ3n) is 6.62. The van der Waals surface area contributed by atoms with Crippen LogP contribution in [0, 0.1) is 5.92 Å². The van der Waals surface area contributed by atoms with Crippen molar-refractivity contribution in [2.75, 3.05) is 32.7 Å². The molecule has 9 heteroatoms. The quantitative estimate of drug-likeness (QED) is 0.476. The minimum absolute atomic E-state index is 0.0127. The van der Waals surface area contributed by atoms with Gasteiger partial charge in [-0.1, -0.05) is 37.6 Å². The number of carbonyl (C=O) groups is 3. The highest BCUT2D eigenvalue weighted by atomic mass is 35.5. The Morgan fingerprint density at radius 3 is 2.46 bits per heavy atom. The van der Waals surface area contributed by atoms with Gasteiger partial charge >= 0.3 is 0 Å². The molecule has 194 valence electrons. The van der Waals surface area contributed by atoms with E-state index in [1.807, 2.05) is 44.7 Å². The normalized spacial score (nSPS) is 21.3. The van der Waals surface area contributed by atoms with Crippen LogP contribution in [-0.2, 0) is 20.8 Å². The molecular formula is C26H40ClN5O3. The molecule has 2 aliphatic rings. The van der Waals surface area contributed by atoms with Crippen LogP contribution in [0.1, 0.15) is 46.1 Å². The van der Waals surface area contributed by atoms with E-state index in [0.717, 1.165) is 18.5 Å². The largest absolute Gasteiger partial charge is 0.343 e. The average molecular weight is 506 g/mol. The number of piperazine rings is 1. The zero-order chi connectivity index (χ0) is 25.5. The molecule has 8 nitrogen and oxygen atoms in total. The molecule has 2 saturated heterocycles. The first-order chi connectivity index (χ1) is 16.7. The minimum Gasteiger partial charge on any atom is -0.343 e. The van der Waals surface area contributed by atoms with Gasteiger partial charge in [-0.15, -0.1) is 0 Å². The molecule has 3 rings (SSSR count). The molecule has 1 aromatic carbocycles. The lowest BCUT2D eigenvalue weighted by Gasteiger charge is -2.34. The van der Waals surface area contributed by atoms with Gasteiger partial charge in [0, 0.05) is 56.6 Å². The van der Waals surface area contributed by atoms with Crippen LogP contribution in [0.2, 0.25) is 5.02 Å². The summed E-state index contributed by atoms with van der Waals surface area (Å²) in [5.41, 5.74) is 0.925. The third kappa shape index (κ3) is 7.66. The van der Waals surface area contributed by atoms with Gasteiger partial charge in [-0.05, 0) is 43.9 Å². The number of nitrogens with one attached hydrogen (secondary N) is 3. The van der Waals surface area contributed by atoms with Gasteiger partial charge in [-0.3, -0.25) is 14.4 Å². The van der Waals surface area contributed by atoms with Crippen LogP contribution in [0.5, 0.6) is 0 Å². The van der Waals surface area contributed by atoms with E-state index in [0.29, 0.717) is 44.0 Å². The predicted octanol–water partition coefficient (Wildman–Crippen LogP) is 1.81. The molecule has 1 aromatic rings. The Kier molecular flexibility index (Phi) is 9.95. The number of nitrogens with zero attached hydrogens (tertiary/aromatic N) is 2. The Balaban J connectivity index is 1.72. The van der Waals surface area contributed by atoms with Gasteiger partial charge in [-0.2, -0.15) is 0 Å². The summed E-state index contributed by atoms with van der Waals surface area (Å²) in [6, 6.07) is 6.34. The number of halogens is 1. The molecular weight excluding hydrogens is 466 g/mol. The van der Waals surface area contributed by atoms with Gasteiger partial charge in [0.2, 0.25) is 17.7 Å². The zero-order valence-electron chi connectivity index (χ0n) is 21.4. The van der Waals surface area contributed by atoms with Crippen LogP contribution < -0.4 is 16.0 Å². The molecule has 35 heavy (non-hydrogen) atoms. The summed E-state index contributed by atoms with van der Waals surface area (Å²) in [7, 11) is 0. The van der Waals surface area contributed by atoms with Gasteiger partial charge in [0.1, 0.15) is 6.04 Å². The minimum atomic E-state index is -0.690. The Bertz CT molecular complexity index is 870. The van der Waals surface area contributed by atoms with Crippen molar-refractivity contribution in [3.05, 3.63) is 34.9 Å². The second-order valence-corrected chi connectivity index (χ2v) is 10.8. The van der Waals surface area contributed by atoms with Crippen molar-refractivity contribution in [1.29, 1.82) is 0 Å². The molecule has 3 amide bonds. The van der Waals surface area contributed by atoms with Crippen molar-refractivity contribution in [3.8, 4) is 0 Å². The van der Waals surface area contributed by atoms with Crippen molar-refractivity contribution in [1.82, 2.24) is 25.8 Å². The van der Waals surface area contributed by atoms with Crippen LogP contribution in [0.15, 0.2) is 24.3 Å². The standard InChI is InChI=1S/C26H40ClN5O3/c1-17(2)13-24(33)32(18(3)4)21-9-12-31(16-21)26(35)22(14-19-5-7-20(27)8-6-19)30-25(34)23-15-28-10-11-29-23/h5-8,17-18,21-23,28-29H,9-16H2,1-4H3,(H,30,34)/t21-,22+,23-/m0/s1. The Labute approximate surface area is 214 Å². The summed E-state index contributed by atoms with van der Waals surface area (Å²) in [5, 5.41) is 10.0. The monoisotopic (exact) mass is 505 g/mol. The van der Waals surface area contributed by atoms with Gasteiger partial charge < -0.3 is 25.8 Å². The van der Waals surface area contributed by atoms with E-state index in [2.05, 4.69) is 16.0 Å². The Morgan fingerprint density at radius 1 is 1.14 bits per heavy atom. The molecule has 0 unspecified atom stereocenters. The van der Waals surface area contributed by atoms with E-state index in [1.165, 1.54) is 0 Å². The summed E-state index contributed by atoms with van der Waals surface area (Å²) < 4.78 is 0. The zero-order valence-corrected chi connectivity index (χ0v) is 22.1. The predicted molar refractivity (Wildman–Crippen MR) is 138 cm³/mol. The first kappa shape index (κ1) is 27.4. The van der Waals surface area contributed by atoms with Crippen molar-refractivity contribution in [2.24, 2.45) is 5.92 Å². The van der Waals surface area contributed by atoms with Crippen molar-refractivity contribution in [3.63, 3.8) is 0 Å². The Hall–Kier alpha value is -2.16. The number of amides is 3. The lowest BCUT2D eigenvalue weighted by atomic mass is 10.0. The van der Waals surface area contributed by atoms with Gasteiger partial charge in [0.15, 0.2) is 0 Å². The number of likely N-dealkylation sites (tertiary alicyclic amines) is 1. The van der Waals surface area contributed by atoms with E-state index >= 15 is 0 Å². The lowest BCUT2D eigenvalue weighted by molar-refractivity contribution is -0.138. The van der Waals surface area contributed by atoms with Crippen LogP contribution in [0.25, 0.3) is 0 Å². The second-order valence-electron chi connectivity index (χ2n) is 10.3. The summed E-state index contributed by atoms with van der Waals surface area (Å²) >= 11 is 6.04. The first-order valence-corrected chi connectivity index (χ1v) is 13.1. The number of rotatable bonds is 9. The molecule has 3 N–H and O–H groups in total. The molecule has 0 aliphatic carbocycles. The van der Waals surface area contributed by atoms with E-state index in [1.54, 1.807) is 17.0 Å². The molecule has 0 bridgehead atoms. The third-order valence-corrected chi connectivity index (χ3v) is 6.87. The fourth-order valence-corrected chi connectivity index (χ4v) is 5.05. The van der Waals surface area contributed by atoms with Gasteiger partial charge in [-0.25, -0.2) is 0 Å². The molecule has 0 saturated carbocycles. The van der Waals surface area contributed by atoms with E-state index in [-0.39, 0.29) is 41.8 Å². The number of benzene rings is 1. The van der Waals surface area contributed by atoms with Crippen molar-refractivity contribution < 1.29 is 14.4 Å². The molecule has 0 spiro atoms. The van der Waals surface area contributed by atoms with Crippen LogP contribution >= 0.6 is 11.6 Å². The summed E-state index contributed by atoms with van der Waals surface area (Å²) in [6.45, 7) is 11.2. The summed E-state index contributed by atoms with van der Waals surface area (Å²) in [5.74, 6) is 0.122. The molecule has 0 radical (unpaired) electrons. The number of hydrogen-bond acceptors (Lipinski definition) is 5. The topological polar surface area (TPSA) is 93.8 Å². The smallest absolute Gasteiger partial charge is 0.245 e. The maximum Gasteiger partial charge on any atom is 0.245 e. The van der Waals surface area contributed by atoms with Crippen LogP contribution in [0.4, 0.5) is 0 Å². The molecule has 3 atom stereocenters. The molecule has 2 aliphatic heterocycles. The Morgan fingerprint density at radius 2 is 1.86 bits per heavy atom. The summed E-state index contributed by atoms with van der Waals surface area (Å²) in [4.78, 5) is 43.3. The van der Waals surface area contributed by atoms with Crippen molar-refractivity contribution >= 4 is 29.3 Å². The van der Waals surface area contributed by atoms with E-state index < -0.39 is 6.04 Å². The molecule has 2 heterocycles. The van der Waals surface area contributed by atoms with Gasteiger partial charge in [0.05, 0.1) is 12.1 Å². The van der Waals surface area contributed by atoms with Gasteiger partial charge in [0.25, 0.3) is 0 Å². The maximum atomic E-state index is 13.7. The summed E-state index contributed by atoms with van der Waals surface area (Å²) in [6.07, 6.45) is 1.62. The van der Waals surface area contributed by atoms with Crippen molar-refractivity contribution in [2.45, 2.75) is 71.1 Å². The highest BCUT2D eigenvalue weighted by Crippen LogP contribution is 2.22. The first-order valence-electron chi connectivity index (χ1n) is 12.7. The van der Waals surface area contributed by atoms with Crippen LogP contribution in [-0.4, -0.2) is 84.4 Å². The molecule has 0 aromatic heterocycles. The molecule has 2 fully saturated rings. The van der Waals surface area contributed by atoms with Crippen LogP contribution in [0.3, 0.4) is 0 Å². The fraction of sp³-hybridized carbons (Fsp3) is 0.654. The lowest BCUT2D eigenvalue weighted by Crippen LogP contribution is -2.59. The van der Waals surface area contributed by atoms with E-state index in [9.17, 15) is 14.4 Å². The number of hydrogen-bond donors (Lipinski definition) is 3. The average Bonchev–Trinajstić information content (AvgIpc) is 3.28. The number of carbonyl (C=O) groups excluding carboxylic acids is 3.